The highest BCUT2D eigenvalue weighted by Crippen LogP contribution is 2.15. The van der Waals surface area contributed by atoms with Crippen molar-refractivity contribution in [3.05, 3.63) is 0 Å². The van der Waals surface area contributed by atoms with Gasteiger partial charge < -0.3 is 8.54 Å². The molecule has 0 aliphatic heterocycles. The van der Waals surface area contributed by atoms with Gasteiger partial charge in [0, 0.05) is 6.10 Å². The van der Waals surface area contributed by atoms with Crippen LogP contribution in [-0.4, -0.2) is 23.7 Å². The van der Waals surface area contributed by atoms with Crippen molar-refractivity contribution in [3.63, 3.8) is 0 Å². The van der Waals surface area contributed by atoms with Crippen LogP contribution in [0, 0.1) is 0 Å². The van der Waals surface area contributed by atoms with Gasteiger partial charge in [0.25, 0.3) is 0 Å². The molecule has 0 spiro atoms. The predicted octanol–water partition coefficient (Wildman–Crippen LogP) is 3.16. The summed E-state index contributed by atoms with van der Waals surface area (Å²) in [6, 6.07) is 0. The zero-order valence-corrected chi connectivity index (χ0v) is 11.8. The molecule has 0 unspecified atom stereocenters. The van der Waals surface area contributed by atoms with Gasteiger partial charge in [-0.05, 0) is 39.0 Å². The Kier molecular flexibility index (Phi) is 6.12. The lowest BCUT2D eigenvalue weighted by molar-refractivity contribution is 0.150. The molecule has 0 N–H and O–H groups in total. The average molecular weight is 219 g/mol. The van der Waals surface area contributed by atoms with Gasteiger partial charge in [-0.3, -0.25) is 0 Å². The molecule has 0 amide bonds. The summed E-state index contributed by atoms with van der Waals surface area (Å²) in [6.45, 7) is 12.9. The molecule has 1 radical (unpaired) electrons. The molecule has 0 saturated carbocycles. The van der Waals surface area contributed by atoms with Crippen LogP contribution in [0.2, 0.25) is 26.2 Å². The first kappa shape index (κ1) is 13.4. The van der Waals surface area contributed by atoms with Crippen molar-refractivity contribution in [2.45, 2.75) is 59.0 Å². The molecule has 4 heteroatoms. The maximum Gasteiger partial charge on any atom is 0.321 e. The number of hydrogen-bond donors (Lipinski definition) is 0. The second-order valence-electron chi connectivity index (χ2n) is 3.97. The molecular formula is C9H23O2Si2. The normalized spacial score (nSPS) is 12.9. The fourth-order valence-electron chi connectivity index (χ4n) is 1.37. The van der Waals surface area contributed by atoms with Crippen molar-refractivity contribution in [1.82, 2.24) is 0 Å². The van der Waals surface area contributed by atoms with E-state index in [9.17, 15) is 0 Å². The van der Waals surface area contributed by atoms with Gasteiger partial charge in [0.2, 0.25) is 0 Å². The molecule has 0 aliphatic carbocycles. The van der Waals surface area contributed by atoms with E-state index in [1.165, 1.54) is 0 Å². The Bertz CT molecular complexity index is 134. The van der Waals surface area contributed by atoms with E-state index >= 15 is 0 Å². The van der Waals surface area contributed by atoms with Crippen LogP contribution in [0.3, 0.4) is 0 Å². The summed E-state index contributed by atoms with van der Waals surface area (Å²) >= 11 is 0. The van der Waals surface area contributed by atoms with Crippen molar-refractivity contribution < 1.29 is 8.54 Å². The first-order valence-electron chi connectivity index (χ1n) is 5.08. The summed E-state index contributed by atoms with van der Waals surface area (Å²) in [4.78, 5) is 0. The lowest BCUT2D eigenvalue weighted by Crippen LogP contribution is -2.41. The van der Waals surface area contributed by atoms with Crippen molar-refractivity contribution in [2.75, 3.05) is 0 Å². The molecular weight excluding hydrogens is 196 g/mol. The summed E-state index contributed by atoms with van der Waals surface area (Å²) < 4.78 is 11.9. The van der Waals surface area contributed by atoms with Gasteiger partial charge in [-0.15, -0.1) is 0 Å². The molecule has 0 aromatic rings. The Hall–Kier alpha value is 0.354. The minimum atomic E-state index is -1.83. The Balaban J connectivity index is 3.98. The van der Waals surface area contributed by atoms with Gasteiger partial charge in [0.15, 0.2) is 9.04 Å². The highest BCUT2D eigenvalue weighted by atomic mass is 28.4. The number of rotatable bonds is 6. The molecule has 0 aromatic carbocycles. The van der Waals surface area contributed by atoms with Gasteiger partial charge in [0.1, 0.15) is 0 Å². The van der Waals surface area contributed by atoms with E-state index in [-0.39, 0.29) is 0 Å². The molecule has 0 atom stereocenters. The summed E-state index contributed by atoms with van der Waals surface area (Å²) in [5, 5.41) is 0. The van der Waals surface area contributed by atoms with E-state index in [1.54, 1.807) is 0 Å². The second kappa shape index (κ2) is 5.95. The van der Waals surface area contributed by atoms with E-state index in [0.717, 1.165) is 12.8 Å². The first-order chi connectivity index (χ1) is 5.91. The van der Waals surface area contributed by atoms with Crippen LogP contribution in [0.4, 0.5) is 0 Å². The SMILES string of the molecule is CCC(CC)O[Si](C)(C)O[Si](C)C. The summed E-state index contributed by atoms with van der Waals surface area (Å²) in [5.41, 5.74) is 0. The van der Waals surface area contributed by atoms with Crippen LogP contribution in [-0.2, 0) is 8.54 Å². The van der Waals surface area contributed by atoms with Gasteiger partial charge >= 0.3 is 8.56 Å². The second-order valence-corrected chi connectivity index (χ2v) is 9.63. The van der Waals surface area contributed by atoms with Gasteiger partial charge in [-0.25, -0.2) is 0 Å². The quantitative estimate of drug-likeness (QED) is 0.639. The lowest BCUT2D eigenvalue weighted by atomic mass is 10.2. The predicted molar refractivity (Wildman–Crippen MR) is 61.5 cm³/mol. The highest BCUT2D eigenvalue weighted by molar-refractivity contribution is 6.72. The molecule has 0 saturated heterocycles. The monoisotopic (exact) mass is 219 g/mol. The molecule has 0 aromatic heterocycles. The third-order valence-corrected chi connectivity index (χ3v) is 6.31. The van der Waals surface area contributed by atoms with Crippen LogP contribution in [0.5, 0.6) is 0 Å². The molecule has 0 fully saturated rings. The van der Waals surface area contributed by atoms with E-state index in [2.05, 4.69) is 40.0 Å². The average Bonchev–Trinajstić information content (AvgIpc) is 1.97. The van der Waals surface area contributed by atoms with Crippen LogP contribution in [0.15, 0.2) is 0 Å². The smallest absolute Gasteiger partial charge is 0.321 e. The van der Waals surface area contributed by atoms with Crippen molar-refractivity contribution in [3.8, 4) is 0 Å². The Labute approximate surface area is 85.6 Å². The summed E-state index contributed by atoms with van der Waals surface area (Å²) in [5.74, 6) is 0. The van der Waals surface area contributed by atoms with Crippen molar-refractivity contribution in [2.24, 2.45) is 0 Å². The Morgan fingerprint density at radius 3 is 1.92 bits per heavy atom. The molecule has 79 valence electrons. The molecule has 2 nitrogen and oxygen atoms in total. The third kappa shape index (κ3) is 6.43. The minimum absolute atomic E-state index is 0.392. The Morgan fingerprint density at radius 2 is 1.62 bits per heavy atom. The molecule has 0 bridgehead atoms. The fraction of sp³-hybridized carbons (Fsp3) is 1.00. The van der Waals surface area contributed by atoms with E-state index in [1.807, 2.05) is 0 Å². The molecule has 0 aliphatic rings. The van der Waals surface area contributed by atoms with Crippen LogP contribution in [0.25, 0.3) is 0 Å². The van der Waals surface area contributed by atoms with E-state index < -0.39 is 17.6 Å². The van der Waals surface area contributed by atoms with Crippen LogP contribution >= 0.6 is 0 Å². The highest BCUT2D eigenvalue weighted by Gasteiger charge is 2.28. The maximum absolute atomic E-state index is 5.99. The standard InChI is InChI=1S/C9H23O2Si2/c1-7-9(8-2)10-13(5,6)11-12(3)4/h9H,7-8H2,1-6H3. The molecule has 13 heavy (non-hydrogen) atoms. The largest absolute Gasteiger partial charge is 0.436 e. The van der Waals surface area contributed by atoms with Crippen LogP contribution < -0.4 is 0 Å². The molecule has 0 rings (SSSR count). The Morgan fingerprint density at radius 1 is 1.15 bits per heavy atom. The zero-order valence-electron chi connectivity index (χ0n) is 9.81. The molecule has 0 heterocycles. The maximum atomic E-state index is 5.99. The number of hydrogen-bond acceptors (Lipinski definition) is 2. The first-order valence-corrected chi connectivity index (χ1v) is 10.3. The lowest BCUT2D eigenvalue weighted by Gasteiger charge is -2.29. The van der Waals surface area contributed by atoms with Crippen LogP contribution in [0.1, 0.15) is 26.7 Å². The summed E-state index contributed by atoms with van der Waals surface area (Å²) in [6.07, 6.45) is 2.57. The van der Waals surface area contributed by atoms with Gasteiger partial charge in [-0.1, -0.05) is 13.8 Å². The minimum Gasteiger partial charge on any atom is -0.436 e. The van der Waals surface area contributed by atoms with E-state index in [4.69, 9.17) is 8.54 Å². The fourth-order valence-corrected chi connectivity index (χ4v) is 6.63. The zero-order chi connectivity index (χ0) is 10.5. The van der Waals surface area contributed by atoms with Crippen molar-refractivity contribution in [1.29, 1.82) is 0 Å². The topological polar surface area (TPSA) is 18.5 Å². The summed E-state index contributed by atoms with van der Waals surface area (Å²) in [7, 11) is -2.44. The van der Waals surface area contributed by atoms with Crippen molar-refractivity contribution >= 4 is 17.6 Å². The van der Waals surface area contributed by atoms with Gasteiger partial charge in [-0.2, -0.15) is 0 Å². The third-order valence-electron chi connectivity index (χ3n) is 1.81. The van der Waals surface area contributed by atoms with Gasteiger partial charge in [0.05, 0.1) is 0 Å². The van der Waals surface area contributed by atoms with E-state index in [0.29, 0.717) is 6.10 Å².